The summed E-state index contributed by atoms with van der Waals surface area (Å²) in [5.41, 5.74) is -1.27. The molecule has 9 heteroatoms. The average molecular weight is 398 g/mol. The van der Waals surface area contributed by atoms with Gasteiger partial charge >= 0.3 is 0 Å². The van der Waals surface area contributed by atoms with Gasteiger partial charge in [0.05, 0.1) is 19.1 Å². The van der Waals surface area contributed by atoms with Gasteiger partial charge in [-0.25, -0.2) is 8.42 Å². The van der Waals surface area contributed by atoms with Gasteiger partial charge in [0.15, 0.2) is 11.5 Å². The number of sulfonamides is 1. The van der Waals surface area contributed by atoms with Crippen molar-refractivity contribution < 1.29 is 27.8 Å². The lowest BCUT2D eigenvalue weighted by molar-refractivity contribution is -0.151. The van der Waals surface area contributed by atoms with Crippen molar-refractivity contribution in [1.82, 2.24) is 9.21 Å². The van der Waals surface area contributed by atoms with Crippen LogP contribution >= 0.6 is 0 Å². The van der Waals surface area contributed by atoms with Crippen LogP contribution in [0.1, 0.15) is 25.7 Å². The van der Waals surface area contributed by atoms with Gasteiger partial charge in [-0.15, -0.1) is 0 Å². The number of aliphatic hydroxyl groups is 1. The molecule has 8 nitrogen and oxygen atoms in total. The van der Waals surface area contributed by atoms with Gasteiger partial charge in [0.1, 0.15) is 5.60 Å². The Morgan fingerprint density at radius 3 is 2.19 bits per heavy atom. The zero-order valence-corrected chi connectivity index (χ0v) is 16.5. The predicted octanol–water partition coefficient (Wildman–Crippen LogP) is 0.842. The van der Waals surface area contributed by atoms with Gasteiger partial charge in [0, 0.05) is 32.2 Å². The molecule has 1 saturated heterocycles. The van der Waals surface area contributed by atoms with E-state index in [1.54, 1.807) is 11.0 Å². The Morgan fingerprint density at radius 2 is 1.63 bits per heavy atom. The van der Waals surface area contributed by atoms with Crippen molar-refractivity contribution in [2.45, 2.75) is 36.2 Å². The largest absolute Gasteiger partial charge is 0.493 e. The molecular weight excluding hydrogens is 372 g/mol. The summed E-state index contributed by atoms with van der Waals surface area (Å²) in [6, 6.07) is 4.48. The van der Waals surface area contributed by atoms with E-state index in [2.05, 4.69) is 0 Å². The summed E-state index contributed by atoms with van der Waals surface area (Å²) in [4.78, 5) is 14.3. The maximum atomic E-state index is 12.9. The van der Waals surface area contributed by atoms with E-state index in [9.17, 15) is 18.3 Å². The molecule has 1 aliphatic carbocycles. The topological polar surface area (TPSA) is 96.4 Å². The first-order chi connectivity index (χ1) is 12.8. The first kappa shape index (κ1) is 19.9. The monoisotopic (exact) mass is 398 g/mol. The zero-order valence-electron chi connectivity index (χ0n) is 15.7. The molecule has 150 valence electrons. The van der Waals surface area contributed by atoms with E-state index in [1.807, 2.05) is 0 Å². The molecular formula is C18H26N2O6S. The second kappa shape index (κ2) is 7.65. The number of nitrogens with zero attached hydrogens (tertiary/aromatic N) is 2. The van der Waals surface area contributed by atoms with E-state index in [0.717, 1.165) is 12.8 Å². The molecule has 0 bridgehead atoms. The second-order valence-corrected chi connectivity index (χ2v) is 8.89. The quantitative estimate of drug-likeness (QED) is 0.790. The number of benzene rings is 1. The van der Waals surface area contributed by atoms with Crippen molar-refractivity contribution in [3.05, 3.63) is 18.2 Å². The molecule has 1 heterocycles. The molecule has 2 aliphatic rings. The number of piperazine rings is 1. The molecule has 0 atom stereocenters. The first-order valence-corrected chi connectivity index (χ1v) is 10.5. The lowest BCUT2D eigenvalue weighted by Gasteiger charge is -2.37. The van der Waals surface area contributed by atoms with Crippen LogP contribution in [0.4, 0.5) is 0 Å². The molecule has 1 aromatic carbocycles. The molecule has 2 fully saturated rings. The molecule has 27 heavy (non-hydrogen) atoms. The maximum absolute atomic E-state index is 12.9. The fraction of sp³-hybridized carbons (Fsp3) is 0.611. The molecule has 0 aromatic heterocycles. The highest BCUT2D eigenvalue weighted by Gasteiger charge is 2.43. The molecule has 0 spiro atoms. The Hall–Kier alpha value is -1.84. The predicted molar refractivity (Wildman–Crippen MR) is 98.3 cm³/mol. The fourth-order valence-corrected chi connectivity index (χ4v) is 5.16. The van der Waals surface area contributed by atoms with Gasteiger partial charge in [0.25, 0.3) is 5.91 Å². The number of hydrogen-bond acceptors (Lipinski definition) is 6. The van der Waals surface area contributed by atoms with Gasteiger partial charge in [0.2, 0.25) is 10.0 Å². The zero-order chi connectivity index (χ0) is 19.7. The van der Waals surface area contributed by atoms with Gasteiger partial charge in [-0.1, -0.05) is 0 Å². The number of ether oxygens (including phenoxy) is 2. The molecule has 1 N–H and O–H groups in total. The van der Waals surface area contributed by atoms with Crippen molar-refractivity contribution in [2.75, 3.05) is 40.4 Å². The van der Waals surface area contributed by atoms with E-state index in [4.69, 9.17) is 9.47 Å². The number of carbonyl (C=O) groups excluding carboxylic acids is 1. The van der Waals surface area contributed by atoms with Crippen molar-refractivity contribution in [2.24, 2.45) is 0 Å². The van der Waals surface area contributed by atoms with Crippen LogP contribution < -0.4 is 9.47 Å². The first-order valence-electron chi connectivity index (χ1n) is 9.06. The van der Waals surface area contributed by atoms with Gasteiger partial charge in [-0.05, 0) is 37.8 Å². The summed E-state index contributed by atoms with van der Waals surface area (Å²) < 4.78 is 37.5. The van der Waals surface area contributed by atoms with E-state index >= 15 is 0 Å². The van der Waals surface area contributed by atoms with Crippen LogP contribution in [0.5, 0.6) is 11.5 Å². The Bertz CT molecular complexity index is 796. The molecule has 1 saturated carbocycles. The second-order valence-electron chi connectivity index (χ2n) is 6.95. The third-order valence-corrected chi connectivity index (χ3v) is 7.24. The normalized spacial score (nSPS) is 20.5. The van der Waals surface area contributed by atoms with Crippen LogP contribution in [0.3, 0.4) is 0 Å². The Balaban J connectivity index is 1.70. The molecule has 3 rings (SSSR count). The summed E-state index contributed by atoms with van der Waals surface area (Å²) in [6.45, 7) is 0.929. The van der Waals surface area contributed by atoms with Gasteiger partial charge < -0.3 is 19.5 Å². The standard InChI is InChI=1S/C18H26N2O6S/c1-25-15-6-5-14(13-16(15)26-2)27(23,24)20-11-9-19(10-12-20)17(21)18(22)7-3-4-8-18/h5-6,13,22H,3-4,7-12H2,1-2H3. The summed E-state index contributed by atoms with van der Waals surface area (Å²) in [6.07, 6.45) is 2.65. The number of hydrogen-bond donors (Lipinski definition) is 1. The molecule has 1 aromatic rings. The number of rotatable bonds is 5. The van der Waals surface area contributed by atoms with Crippen molar-refractivity contribution in [3.8, 4) is 11.5 Å². The van der Waals surface area contributed by atoms with Gasteiger partial charge in [-0.3, -0.25) is 4.79 Å². The van der Waals surface area contributed by atoms with Crippen molar-refractivity contribution >= 4 is 15.9 Å². The number of methoxy groups -OCH3 is 2. The van der Waals surface area contributed by atoms with Crippen LogP contribution in [0.15, 0.2) is 23.1 Å². The van der Waals surface area contributed by atoms with E-state index < -0.39 is 15.6 Å². The van der Waals surface area contributed by atoms with Crippen LogP contribution in [-0.2, 0) is 14.8 Å². The van der Waals surface area contributed by atoms with E-state index in [-0.39, 0.29) is 37.0 Å². The Labute approximate surface area is 159 Å². The fourth-order valence-electron chi connectivity index (χ4n) is 3.73. The highest BCUT2D eigenvalue weighted by molar-refractivity contribution is 7.89. The van der Waals surface area contributed by atoms with Crippen LogP contribution in [0.25, 0.3) is 0 Å². The van der Waals surface area contributed by atoms with Crippen molar-refractivity contribution in [3.63, 3.8) is 0 Å². The maximum Gasteiger partial charge on any atom is 0.254 e. The summed E-state index contributed by atoms with van der Waals surface area (Å²) in [5.74, 6) is 0.524. The highest BCUT2D eigenvalue weighted by atomic mass is 32.2. The smallest absolute Gasteiger partial charge is 0.254 e. The minimum atomic E-state index is -3.71. The summed E-state index contributed by atoms with van der Waals surface area (Å²) >= 11 is 0. The average Bonchev–Trinajstić information content (AvgIpc) is 3.14. The highest BCUT2D eigenvalue weighted by Crippen LogP contribution is 2.33. The van der Waals surface area contributed by atoms with Crippen LogP contribution in [0, 0.1) is 0 Å². The number of carbonyl (C=O) groups is 1. The van der Waals surface area contributed by atoms with Crippen LogP contribution in [-0.4, -0.2) is 74.6 Å². The molecule has 0 radical (unpaired) electrons. The summed E-state index contributed by atoms with van der Waals surface area (Å²) in [5, 5.41) is 10.5. The Kier molecular flexibility index (Phi) is 5.64. The summed E-state index contributed by atoms with van der Waals surface area (Å²) in [7, 11) is -0.768. The third-order valence-electron chi connectivity index (χ3n) is 5.35. The third kappa shape index (κ3) is 3.76. The SMILES string of the molecule is COc1ccc(S(=O)(=O)N2CCN(C(=O)C3(O)CCCC3)CC2)cc1OC. The Morgan fingerprint density at radius 1 is 1.04 bits per heavy atom. The number of amides is 1. The van der Waals surface area contributed by atoms with Crippen molar-refractivity contribution in [1.29, 1.82) is 0 Å². The van der Waals surface area contributed by atoms with E-state index in [1.165, 1.54) is 30.7 Å². The molecule has 0 unspecified atom stereocenters. The van der Waals surface area contributed by atoms with Crippen LogP contribution in [0.2, 0.25) is 0 Å². The lowest BCUT2D eigenvalue weighted by atomic mass is 10.0. The van der Waals surface area contributed by atoms with Gasteiger partial charge in [-0.2, -0.15) is 4.31 Å². The van der Waals surface area contributed by atoms with E-state index in [0.29, 0.717) is 24.3 Å². The molecule has 1 amide bonds. The molecule has 1 aliphatic heterocycles. The lowest BCUT2D eigenvalue weighted by Crippen LogP contribution is -2.55. The minimum Gasteiger partial charge on any atom is -0.493 e. The minimum absolute atomic E-state index is 0.120.